The van der Waals surface area contributed by atoms with Gasteiger partial charge < -0.3 is 0 Å². The van der Waals surface area contributed by atoms with Crippen molar-refractivity contribution in [1.29, 1.82) is 0 Å². The number of rotatable bonds is 4. The third-order valence-electron chi connectivity index (χ3n) is 2.04. The van der Waals surface area contributed by atoms with Gasteiger partial charge in [0.1, 0.15) is 12.4 Å². The highest BCUT2D eigenvalue weighted by atomic mass is 32.2. The van der Waals surface area contributed by atoms with E-state index in [1.165, 1.54) is 29.7 Å². The van der Waals surface area contributed by atoms with Crippen LogP contribution in [-0.2, 0) is 5.75 Å². The van der Waals surface area contributed by atoms with E-state index >= 15 is 0 Å². The van der Waals surface area contributed by atoms with Crippen molar-refractivity contribution in [2.45, 2.75) is 10.9 Å². The first-order chi connectivity index (χ1) is 8.25. The highest BCUT2D eigenvalue weighted by Crippen LogP contribution is 2.19. The first-order valence-electron chi connectivity index (χ1n) is 4.89. The molecule has 17 heavy (non-hydrogen) atoms. The van der Waals surface area contributed by atoms with Crippen LogP contribution < -0.4 is 0 Å². The van der Waals surface area contributed by atoms with Gasteiger partial charge in [-0.15, -0.1) is 0 Å². The predicted octanol–water partition coefficient (Wildman–Crippen LogP) is 2.68. The van der Waals surface area contributed by atoms with Gasteiger partial charge >= 0.3 is 5.69 Å². The van der Waals surface area contributed by atoms with Gasteiger partial charge in [-0.3, -0.25) is 10.1 Å². The lowest BCUT2D eigenvalue weighted by atomic mass is 10.2. The molecule has 0 amide bonds. The minimum absolute atomic E-state index is 0.0888. The zero-order valence-corrected chi connectivity index (χ0v) is 9.63. The molecule has 0 saturated heterocycles. The average molecular weight is 247 g/mol. The number of benzene rings is 1. The lowest BCUT2D eigenvalue weighted by Crippen LogP contribution is -1.92. The van der Waals surface area contributed by atoms with Crippen molar-refractivity contribution in [2.75, 3.05) is 0 Å². The van der Waals surface area contributed by atoms with E-state index < -0.39 is 4.92 Å². The number of hydrogen-bond acceptors (Lipinski definition) is 5. The maximum absolute atomic E-state index is 10.4. The Morgan fingerprint density at radius 1 is 1.18 bits per heavy atom. The van der Waals surface area contributed by atoms with Gasteiger partial charge in [-0.05, 0) is 5.56 Å². The molecular weight excluding hydrogens is 238 g/mol. The van der Waals surface area contributed by atoms with Gasteiger partial charge in [-0.2, -0.15) is 0 Å². The molecule has 0 radical (unpaired) electrons. The zero-order valence-electron chi connectivity index (χ0n) is 8.81. The Bertz CT molecular complexity index is 502. The van der Waals surface area contributed by atoms with Crippen molar-refractivity contribution in [2.24, 2.45) is 0 Å². The van der Waals surface area contributed by atoms with Crippen LogP contribution in [0.4, 0.5) is 5.69 Å². The van der Waals surface area contributed by atoms with Crippen molar-refractivity contribution in [1.82, 2.24) is 9.97 Å². The molecule has 2 rings (SSSR count). The largest absolute Gasteiger partial charge is 0.305 e. The molecule has 6 heteroatoms. The first kappa shape index (κ1) is 11.5. The Balaban J connectivity index is 1.98. The summed E-state index contributed by atoms with van der Waals surface area (Å²) in [5.74, 6) is 0.749. The minimum Gasteiger partial charge on any atom is -0.258 e. The van der Waals surface area contributed by atoms with Crippen LogP contribution in [0.25, 0.3) is 0 Å². The van der Waals surface area contributed by atoms with Crippen molar-refractivity contribution in [3.8, 4) is 0 Å². The van der Waals surface area contributed by atoms with Crippen LogP contribution in [-0.4, -0.2) is 14.9 Å². The molecule has 0 fully saturated rings. The summed E-state index contributed by atoms with van der Waals surface area (Å²) in [5, 5.41) is 11.0. The van der Waals surface area contributed by atoms with E-state index in [4.69, 9.17) is 0 Å². The minimum atomic E-state index is -0.508. The molecule has 86 valence electrons. The number of nitrogens with zero attached hydrogens (tertiary/aromatic N) is 3. The van der Waals surface area contributed by atoms with Crippen LogP contribution in [0.15, 0.2) is 47.9 Å². The van der Waals surface area contributed by atoms with Crippen LogP contribution in [0, 0.1) is 10.1 Å². The molecule has 1 aromatic carbocycles. The molecule has 0 unspecified atom stereocenters. The predicted molar refractivity (Wildman–Crippen MR) is 64.7 cm³/mol. The van der Waals surface area contributed by atoms with E-state index in [0.29, 0.717) is 5.16 Å². The smallest absolute Gasteiger partial charge is 0.258 e. The Kier molecular flexibility index (Phi) is 3.66. The maximum Gasteiger partial charge on any atom is 0.305 e. The van der Waals surface area contributed by atoms with E-state index in [2.05, 4.69) is 9.97 Å². The van der Waals surface area contributed by atoms with Crippen LogP contribution in [0.3, 0.4) is 0 Å². The summed E-state index contributed by atoms with van der Waals surface area (Å²) in [4.78, 5) is 17.8. The molecule has 0 aliphatic heterocycles. The lowest BCUT2D eigenvalue weighted by molar-refractivity contribution is -0.385. The summed E-state index contributed by atoms with van der Waals surface area (Å²) < 4.78 is 0. The molecule has 0 bridgehead atoms. The van der Waals surface area contributed by atoms with E-state index in [0.717, 1.165) is 5.75 Å². The van der Waals surface area contributed by atoms with Crippen LogP contribution in [0.5, 0.6) is 0 Å². The maximum atomic E-state index is 10.4. The Morgan fingerprint density at radius 3 is 2.41 bits per heavy atom. The van der Waals surface area contributed by atoms with Crippen LogP contribution in [0.1, 0.15) is 5.56 Å². The molecular formula is C11H9N3O2S. The summed E-state index contributed by atoms with van der Waals surface area (Å²) in [6.07, 6.45) is 2.45. The fourth-order valence-corrected chi connectivity index (χ4v) is 1.94. The van der Waals surface area contributed by atoms with Gasteiger partial charge in [0, 0.05) is 5.75 Å². The molecule has 0 saturated carbocycles. The van der Waals surface area contributed by atoms with Crippen molar-refractivity contribution in [3.05, 3.63) is 58.4 Å². The van der Waals surface area contributed by atoms with E-state index in [-0.39, 0.29) is 5.69 Å². The summed E-state index contributed by atoms with van der Waals surface area (Å²) in [7, 11) is 0. The molecule has 2 aromatic rings. The van der Waals surface area contributed by atoms with E-state index in [1.807, 2.05) is 30.3 Å². The molecule has 1 aromatic heterocycles. The summed E-state index contributed by atoms with van der Waals surface area (Å²) in [6.45, 7) is 0. The number of thioether (sulfide) groups is 1. The second-order valence-electron chi connectivity index (χ2n) is 3.26. The zero-order chi connectivity index (χ0) is 12.1. The fourth-order valence-electron chi connectivity index (χ4n) is 1.20. The van der Waals surface area contributed by atoms with Crippen LogP contribution in [0.2, 0.25) is 0 Å². The summed E-state index contributed by atoms with van der Waals surface area (Å²) >= 11 is 1.45. The molecule has 0 aliphatic rings. The molecule has 0 N–H and O–H groups in total. The summed E-state index contributed by atoms with van der Waals surface area (Å²) in [5.41, 5.74) is 1.08. The third kappa shape index (κ3) is 3.25. The van der Waals surface area contributed by atoms with Gasteiger partial charge in [-0.25, -0.2) is 9.97 Å². The highest BCUT2D eigenvalue weighted by molar-refractivity contribution is 7.98. The van der Waals surface area contributed by atoms with Gasteiger partial charge in [0.2, 0.25) is 0 Å². The second-order valence-corrected chi connectivity index (χ2v) is 4.20. The Labute approximate surface area is 102 Å². The lowest BCUT2D eigenvalue weighted by Gasteiger charge is -1.99. The summed E-state index contributed by atoms with van der Waals surface area (Å²) in [6, 6.07) is 9.91. The highest BCUT2D eigenvalue weighted by Gasteiger charge is 2.06. The molecule has 0 aliphatic carbocycles. The van der Waals surface area contributed by atoms with Crippen LogP contribution >= 0.6 is 11.8 Å². The second kappa shape index (κ2) is 5.40. The molecule has 1 heterocycles. The van der Waals surface area contributed by atoms with Crippen molar-refractivity contribution in [3.63, 3.8) is 0 Å². The number of nitro groups is 1. The fraction of sp³-hybridized carbons (Fsp3) is 0.0909. The SMILES string of the molecule is O=[N+]([O-])c1cnc(SCc2ccccc2)nc1. The molecule has 5 nitrogen and oxygen atoms in total. The Hall–Kier alpha value is -1.95. The quantitative estimate of drug-likeness (QED) is 0.359. The Morgan fingerprint density at radius 2 is 1.82 bits per heavy atom. The van der Waals surface area contributed by atoms with Gasteiger partial charge in [0.15, 0.2) is 5.16 Å². The molecule has 0 atom stereocenters. The first-order valence-corrected chi connectivity index (χ1v) is 5.87. The average Bonchev–Trinajstić information content (AvgIpc) is 2.38. The van der Waals surface area contributed by atoms with Gasteiger partial charge in [0.25, 0.3) is 0 Å². The normalized spacial score (nSPS) is 10.1. The van der Waals surface area contributed by atoms with Gasteiger partial charge in [0.05, 0.1) is 4.92 Å². The molecule has 0 spiro atoms. The van der Waals surface area contributed by atoms with E-state index in [1.54, 1.807) is 0 Å². The van der Waals surface area contributed by atoms with E-state index in [9.17, 15) is 10.1 Å². The van der Waals surface area contributed by atoms with Crippen molar-refractivity contribution >= 4 is 17.4 Å². The van der Waals surface area contributed by atoms with Crippen molar-refractivity contribution < 1.29 is 4.92 Å². The standard InChI is InChI=1S/C11H9N3O2S/c15-14(16)10-6-12-11(13-7-10)17-8-9-4-2-1-3-5-9/h1-7H,8H2. The monoisotopic (exact) mass is 247 g/mol. The third-order valence-corrected chi connectivity index (χ3v) is 2.98. The topological polar surface area (TPSA) is 68.9 Å². The number of hydrogen-bond donors (Lipinski definition) is 0. The van der Waals surface area contributed by atoms with Gasteiger partial charge in [-0.1, -0.05) is 42.1 Å². The number of aromatic nitrogens is 2.